The van der Waals surface area contributed by atoms with Gasteiger partial charge in [-0.15, -0.1) is 24.0 Å². The number of nitrogens with zero attached hydrogens (tertiary/aromatic N) is 2. The average molecular weight is 525 g/mol. The van der Waals surface area contributed by atoms with Gasteiger partial charge in [0.15, 0.2) is 5.96 Å². The number of guanidine groups is 1. The topological polar surface area (TPSA) is 58.1 Å². The number of benzene rings is 1. The van der Waals surface area contributed by atoms with E-state index in [9.17, 15) is 0 Å². The lowest BCUT2D eigenvalue weighted by atomic mass is 10.1. The summed E-state index contributed by atoms with van der Waals surface area (Å²) in [6.07, 6.45) is 0.998. The van der Waals surface area contributed by atoms with Gasteiger partial charge < -0.3 is 20.1 Å². The molecule has 1 aromatic rings. The summed E-state index contributed by atoms with van der Waals surface area (Å²) in [5.74, 6) is 2.23. The standard InChI is InChI=1S/C20H33ClN4O2.HI/c1-15(2)13-25-9-10-27-18(14-25)12-24-20(22-3)23-8-7-16-5-6-17(26-4)11-19(16)21;/h5-6,11,15,18H,7-10,12-14H2,1-4H3,(H2,22,23,24);1H. The van der Waals surface area contributed by atoms with Crippen molar-refractivity contribution in [1.29, 1.82) is 0 Å². The van der Waals surface area contributed by atoms with Gasteiger partial charge in [0.2, 0.25) is 0 Å². The van der Waals surface area contributed by atoms with Crippen LogP contribution >= 0.6 is 35.6 Å². The van der Waals surface area contributed by atoms with Crippen LogP contribution in [0.25, 0.3) is 0 Å². The van der Waals surface area contributed by atoms with Gasteiger partial charge in [-0.05, 0) is 30.0 Å². The molecule has 1 atom stereocenters. The fourth-order valence-electron chi connectivity index (χ4n) is 3.19. The van der Waals surface area contributed by atoms with Crippen molar-refractivity contribution in [2.75, 3.05) is 53.5 Å². The number of hydrogen-bond acceptors (Lipinski definition) is 4. The Kier molecular flexibility index (Phi) is 12.1. The van der Waals surface area contributed by atoms with Gasteiger partial charge in [0.1, 0.15) is 5.75 Å². The van der Waals surface area contributed by atoms with Gasteiger partial charge in [0.05, 0.1) is 19.8 Å². The predicted octanol–water partition coefficient (Wildman–Crippen LogP) is 3.03. The van der Waals surface area contributed by atoms with Crippen molar-refractivity contribution in [2.45, 2.75) is 26.4 Å². The Morgan fingerprint density at radius 3 is 2.82 bits per heavy atom. The Hall–Kier alpha value is -0.770. The fourth-order valence-corrected chi connectivity index (χ4v) is 3.46. The molecule has 2 rings (SSSR count). The predicted molar refractivity (Wildman–Crippen MR) is 128 cm³/mol. The fraction of sp³-hybridized carbons (Fsp3) is 0.650. The molecule has 0 amide bonds. The van der Waals surface area contributed by atoms with E-state index in [-0.39, 0.29) is 30.1 Å². The van der Waals surface area contributed by atoms with Crippen LogP contribution in [0.4, 0.5) is 0 Å². The zero-order valence-electron chi connectivity index (χ0n) is 17.3. The van der Waals surface area contributed by atoms with Crippen LogP contribution in [-0.4, -0.2) is 70.5 Å². The number of halogens is 2. The molecule has 0 aliphatic carbocycles. The van der Waals surface area contributed by atoms with Gasteiger partial charge in [-0.2, -0.15) is 0 Å². The Balaban J connectivity index is 0.00000392. The third-order valence-corrected chi connectivity index (χ3v) is 4.87. The summed E-state index contributed by atoms with van der Waals surface area (Å²) in [6, 6.07) is 5.77. The van der Waals surface area contributed by atoms with Crippen LogP contribution in [0.5, 0.6) is 5.75 Å². The summed E-state index contributed by atoms with van der Waals surface area (Å²) in [5.41, 5.74) is 1.08. The van der Waals surface area contributed by atoms with Crippen molar-refractivity contribution in [2.24, 2.45) is 10.9 Å². The van der Waals surface area contributed by atoms with Crippen molar-refractivity contribution in [3.8, 4) is 5.75 Å². The summed E-state index contributed by atoms with van der Waals surface area (Å²) >= 11 is 6.29. The van der Waals surface area contributed by atoms with E-state index in [1.54, 1.807) is 14.2 Å². The molecule has 0 radical (unpaired) electrons. The summed E-state index contributed by atoms with van der Waals surface area (Å²) in [7, 11) is 3.42. The largest absolute Gasteiger partial charge is 0.497 e. The second kappa shape index (κ2) is 13.5. The lowest BCUT2D eigenvalue weighted by Gasteiger charge is -2.34. The zero-order valence-corrected chi connectivity index (χ0v) is 20.4. The molecule has 160 valence electrons. The van der Waals surface area contributed by atoms with Crippen molar-refractivity contribution in [3.05, 3.63) is 28.8 Å². The Labute approximate surface area is 191 Å². The second-order valence-electron chi connectivity index (χ2n) is 7.23. The maximum absolute atomic E-state index is 6.29. The molecule has 0 aromatic heterocycles. The number of rotatable bonds is 8. The average Bonchev–Trinajstić information content (AvgIpc) is 2.65. The number of morpholine rings is 1. The minimum absolute atomic E-state index is 0. The molecule has 0 spiro atoms. The first kappa shape index (κ1) is 25.3. The van der Waals surface area contributed by atoms with Gasteiger partial charge in [-0.1, -0.05) is 31.5 Å². The first-order chi connectivity index (χ1) is 13.0. The van der Waals surface area contributed by atoms with Gasteiger partial charge in [-0.3, -0.25) is 9.89 Å². The SMILES string of the molecule is CN=C(NCCc1ccc(OC)cc1Cl)NCC1CN(CC(C)C)CCO1.I. The zero-order chi connectivity index (χ0) is 19.6. The summed E-state index contributed by atoms with van der Waals surface area (Å²) in [6.45, 7) is 9.89. The van der Waals surface area contributed by atoms with Crippen LogP contribution in [0.3, 0.4) is 0 Å². The molecule has 0 saturated carbocycles. The van der Waals surface area contributed by atoms with E-state index in [2.05, 4.69) is 34.4 Å². The summed E-state index contributed by atoms with van der Waals surface area (Å²) in [4.78, 5) is 6.77. The Morgan fingerprint density at radius 2 is 2.18 bits per heavy atom. The minimum Gasteiger partial charge on any atom is -0.497 e. The Bertz CT molecular complexity index is 616. The number of aliphatic imine (C=N–C) groups is 1. The van der Waals surface area contributed by atoms with Crippen LogP contribution in [0.2, 0.25) is 5.02 Å². The molecular formula is C20H34ClIN4O2. The molecule has 0 bridgehead atoms. The van der Waals surface area contributed by atoms with E-state index in [0.29, 0.717) is 5.92 Å². The van der Waals surface area contributed by atoms with Crippen LogP contribution in [0, 0.1) is 5.92 Å². The summed E-state index contributed by atoms with van der Waals surface area (Å²) < 4.78 is 11.1. The second-order valence-corrected chi connectivity index (χ2v) is 7.64. The van der Waals surface area contributed by atoms with Crippen molar-refractivity contribution in [1.82, 2.24) is 15.5 Å². The van der Waals surface area contributed by atoms with E-state index in [0.717, 1.165) is 68.0 Å². The van der Waals surface area contributed by atoms with E-state index in [4.69, 9.17) is 21.1 Å². The van der Waals surface area contributed by atoms with Crippen LogP contribution in [-0.2, 0) is 11.2 Å². The van der Waals surface area contributed by atoms with Gasteiger partial charge in [0.25, 0.3) is 0 Å². The highest BCUT2D eigenvalue weighted by molar-refractivity contribution is 14.0. The molecule has 1 saturated heterocycles. The van der Waals surface area contributed by atoms with E-state index >= 15 is 0 Å². The maximum atomic E-state index is 6.29. The summed E-state index contributed by atoms with van der Waals surface area (Å²) in [5, 5.41) is 7.43. The monoisotopic (exact) mass is 524 g/mol. The number of methoxy groups -OCH3 is 1. The van der Waals surface area contributed by atoms with Crippen molar-refractivity contribution in [3.63, 3.8) is 0 Å². The molecule has 1 fully saturated rings. The number of nitrogens with one attached hydrogen (secondary N) is 2. The van der Waals surface area contributed by atoms with E-state index < -0.39 is 0 Å². The molecule has 2 N–H and O–H groups in total. The number of ether oxygens (including phenoxy) is 2. The van der Waals surface area contributed by atoms with Crippen molar-refractivity contribution < 1.29 is 9.47 Å². The molecule has 8 heteroatoms. The Morgan fingerprint density at radius 1 is 1.39 bits per heavy atom. The highest BCUT2D eigenvalue weighted by atomic mass is 127. The first-order valence-corrected chi connectivity index (χ1v) is 10.0. The molecule has 1 heterocycles. The molecular weight excluding hydrogens is 491 g/mol. The lowest BCUT2D eigenvalue weighted by molar-refractivity contribution is -0.0284. The maximum Gasteiger partial charge on any atom is 0.191 e. The van der Waals surface area contributed by atoms with E-state index in [1.165, 1.54) is 0 Å². The van der Waals surface area contributed by atoms with Crippen LogP contribution in [0.15, 0.2) is 23.2 Å². The van der Waals surface area contributed by atoms with Gasteiger partial charge in [-0.25, -0.2) is 0 Å². The first-order valence-electron chi connectivity index (χ1n) is 9.62. The third-order valence-electron chi connectivity index (χ3n) is 4.51. The molecule has 28 heavy (non-hydrogen) atoms. The quantitative estimate of drug-likeness (QED) is 0.311. The minimum atomic E-state index is 0. The molecule has 6 nitrogen and oxygen atoms in total. The molecule has 1 unspecified atom stereocenters. The molecule has 1 aliphatic heterocycles. The van der Waals surface area contributed by atoms with Gasteiger partial charge in [0, 0.05) is 44.8 Å². The highest BCUT2D eigenvalue weighted by Gasteiger charge is 2.21. The van der Waals surface area contributed by atoms with Crippen LogP contribution < -0.4 is 15.4 Å². The number of hydrogen-bond donors (Lipinski definition) is 2. The smallest absolute Gasteiger partial charge is 0.191 e. The third kappa shape index (κ3) is 8.71. The normalized spacial score (nSPS) is 17.9. The van der Waals surface area contributed by atoms with E-state index in [1.807, 2.05) is 18.2 Å². The molecule has 1 aromatic carbocycles. The molecule has 1 aliphatic rings. The van der Waals surface area contributed by atoms with Crippen LogP contribution in [0.1, 0.15) is 19.4 Å². The van der Waals surface area contributed by atoms with Crippen molar-refractivity contribution >= 4 is 41.5 Å². The van der Waals surface area contributed by atoms with Gasteiger partial charge >= 0.3 is 0 Å². The highest BCUT2D eigenvalue weighted by Crippen LogP contribution is 2.22. The lowest BCUT2D eigenvalue weighted by Crippen LogP contribution is -2.50.